The van der Waals surface area contributed by atoms with E-state index in [2.05, 4.69) is 10.5 Å². The fraction of sp³-hybridized carbons (Fsp3) is 0.333. The molecule has 2 aromatic carbocycles. The first-order valence-corrected chi connectivity index (χ1v) is 11.0. The Balaban J connectivity index is 1.72. The zero-order chi connectivity index (χ0) is 21.0. The van der Waals surface area contributed by atoms with Crippen LogP contribution in [0.15, 0.2) is 46.4 Å². The van der Waals surface area contributed by atoms with Crippen LogP contribution in [0.2, 0.25) is 0 Å². The Morgan fingerprint density at radius 1 is 1.10 bits per heavy atom. The number of piperidine rings is 1. The van der Waals surface area contributed by atoms with Crippen LogP contribution in [0.1, 0.15) is 46.3 Å². The molecular formula is C21H25N3O4S. The number of nitrogens with zero attached hydrogens (tertiary/aromatic N) is 2. The number of benzene rings is 2. The topological polar surface area (TPSA) is 99.1 Å². The van der Waals surface area contributed by atoms with Crippen LogP contribution < -0.4 is 5.43 Å². The number of rotatable bonds is 5. The van der Waals surface area contributed by atoms with E-state index in [-0.39, 0.29) is 16.2 Å². The molecule has 1 aliphatic rings. The maximum Gasteiger partial charge on any atom is 0.271 e. The zero-order valence-electron chi connectivity index (χ0n) is 16.6. The van der Waals surface area contributed by atoms with Crippen molar-refractivity contribution in [2.75, 3.05) is 13.1 Å². The largest absolute Gasteiger partial charge is 0.507 e. The molecule has 0 bridgehead atoms. The van der Waals surface area contributed by atoms with Crippen molar-refractivity contribution in [2.24, 2.45) is 5.10 Å². The number of sulfonamides is 1. The molecule has 3 rings (SSSR count). The second-order valence-electron chi connectivity index (χ2n) is 7.20. The fourth-order valence-electron chi connectivity index (χ4n) is 3.35. The molecule has 0 aromatic heterocycles. The van der Waals surface area contributed by atoms with Crippen LogP contribution in [-0.2, 0) is 10.0 Å². The van der Waals surface area contributed by atoms with Crippen molar-refractivity contribution in [3.63, 3.8) is 0 Å². The molecule has 1 fully saturated rings. The molecule has 154 valence electrons. The number of hydrogen-bond donors (Lipinski definition) is 2. The summed E-state index contributed by atoms with van der Waals surface area (Å²) in [5.74, 6) is -0.262. The van der Waals surface area contributed by atoms with E-state index in [1.807, 2.05) is 0 Å². The van der Waals surface area contributed by atoms with Gasteiger partial charge in [0.2, 0.25) is 10.0 Å². The van der Waals surface area contributed by atoms with Crippen LogP contribution in [0.5, 0.6) is 5.75 Å². The van der Waals surface area contributed by atoms with E-state index in [0.29, 0.717) is 24.2 Å². The molecule has 0 atom stereocenters. The van der Waals surface area contributed by atoms with Gasteiger partial charge in [0.05, 0.1) is 11.1 Å². The molecule has 0 spiro atoms. The molecule has 0 unspecified atom stereocenters. The zero-order valence-corrected chi connectivity index (χ0v) is 17.4. The molecule has 2 N–H and O–H groups in total. The number of aromatic hydroxyl groups is 1. The van der Waals surface area contributed by atoms with Crippen LogP contribution in [0.3, 0.4) is 0 Å². The Hall–Kier alpha value is -2.71. The van der Waals surface area contributed by atoms with Gasteiger partial charge in [-0.1, -0.05) is 12.5 Å². The molecule has 0 radical (unpaired) electrons. The smallest absolute Gasteiger partial charge is 0.271 e. The Kier molecular flexibility index (Phi) is 6.34. The molecule has 0 saturated carbocycles. The van der Waals surface area contributed by atoms with Gasteiger partial charge in [0.1, 0.15) is 5.75 Å². The molecular weight excluding hydrogens is 390 g/mol. The summed E-state index contributed by atoms with van der Waals surface area (Å²) in [7, 11) is -3.60. The maximum absolute atomic E-state index is 12.8. The molecule has 1 aliphatic heterocycles. The lowest BCUT2D eigenvalue weighted by Gasteiger charge is -2.25. The normalized spacial score (nSPS) is 15.5. The van der Waals surface area contributed by atoms with Gasteiger partial charge in [0, 0.05) is 18.7 Å². The Bertz CT molecular complexity index is 1020. The number of phenolic OH excluding ortho intramolecular Hbond substituents is 1. The van der Waals surface area contributed by atoms with E-state index in [4.69, 9.17) is 0 Å². The first-order chi connectivity index (χ1) is 13.8. The summed E-state index contributed by atoms with van der Waals surface area (Å²) >= 11 is 0. The first-order valence-electron chi connectivity index (χ1n) is 9.53. The summed E-state index contributed by atoms with van der Waals surface area (Å²) in [6, 6.07) is 9.50. The third kappa shape index (κ3) is 4.83. The van der Waals surface area contributed by atoms with Gasteiger partial charge in [-0.2, -0.15) is 9.41 Å². The molecule has 7 nitrogen and oxygen atoms in total. The number of amides is 1. The molecule has 1 amide bonds. The lowest BCUT2D eigenvalue weighted by molar-refractivity contribution is 0.0955. The van der Waals surface area contributed by atoms with E-state index in [1.54, 1.807) is 38.1 Å². The minimum atomic E-state index is -3.60. The lowest BCUT2D eigenvalue weighted by Crippen LogP contribution is -2.35. The summed E-state index contributed by atoms with van der Waals surface area (Å²) in [6.45, 7) is 4.59. The van der Waals surface area contributed by atoms with Crippen LogP contribution in [0.4, 0.5) is 0 Å². The highest BCUT2D eigenvalue weighted by molar-refractivity contribution is 7.89. The minimum Gasteiger partial charge on any atom is -0.507 e. The van der Waals surface area contributed by atoms with Crippen molar-refractivity contribution in [1.82, 2.24) is 9.73 Å². The molecule has 1 saturated heterocycles. The van der Waals surface area contributed by atoms with Crippen molar-refractivity contribution in [3.05, 3.63) is 58.7 Å². The predicted molar refractivity (Wildman–Crippen MR) is 112 cm³/mol. The van der Waals surface area contributed by atoms with Gasteiger partial charge in [0.25, 0.3) is 5.91 Å². The predicted octanol–water partition coefficient (Wildman–Crippen LogP) is 2.95. The van der Waals surface area contributed by atoms with Gasteiger partial charge in [-0.25, -0.2) is 13.8 Å². The van der Waals surface area contributed by atoms with E-state index in [0.717, 1.165) is 24.8 Å². The van der Waals surface area contributed by atoms with Gasteiger partial charge in [-0.05, 0) is 73.7 Å². The molecule has 1 heterocycles. The molecule has 29 heavy (non-hydrogen) atoms. The molecule has 0 aliphatic carbocycles. The summed E-state index contributed by atoms with van der Waals surface area (Å²) < 4.78 is 27.1. The number of aryl methyl sites for hydroxylation is 2. The van der Waals surface area contributed by atoms with Gasteiger partial charge >= 0.3 is 0 Å². The summed E-state index contributed by atoms with van der Waals surface area (Å²) in [5, 5.41) is 13.8. The Labute approximate surface area is 171 Å². The quantitative estimate of drug-likeness (QED) is 0.579. The summed E-state index contributed by atoms with van der Waals surface area (Å²) in [4.78, 5) is 12.5. The molecule has 2 aromatic rings. The third-order valence-corrected chi connectivity index (χ3v) is 6.84. The maximum atomic E-state index is 12.8. The fourth-order valence-corrected chi connectivity index (χ4v) is 4.91. The second-order valence-corrected chi connectivity index (χ2v) is 9.13. The number of hydrogen-bond acceptors (Lipinski definition) is 5. The van der Waals surface area contributed by atoms with E-state index in [1.165, 1.54) is 22.7 Å². The number of carbonyl (C=O) groups excluding carboxylic acids is 1. The second kappa shape index (κ2) is 8.75. The third-order valence-electron chi connectivity index (χ3n) is 4.94. The highest BCUT2D eigenvalue weighted by Crippen LogP contribution is 2.22. The van der Waals surface area contributed by atoms with Crippen molar-refractivity contribution in [3.8, 4) is 5.75 Å². The first kappa shape index (κ1) is 21.0. The number of carbonyl (C=O) groups is 1. The van der Waals surface area contributed by atoms with Gasteiger partial charge in [-0.3, -0.25) is 4.79 Å². The van der Waals surface area contributed by atoms with E-state index in [9.17, 15) is 18.3 Å². The van der Waals surface area contributed by atoms with Crippen molar-refractivity contribution in [1.29, 1.82) is 0 Å². The van der Waals surface area contributed by atoms with Gasteiger partial charge in [-0.15, -0.1) is 0 Å². The standard InChI is InChI=1S/C21H25N3O4S/c1-15-11-17(12-16(2)20(15)25)14-22-23-21(26)18-7-6-8-19(13-18)29(27,28)24-9-4-3-5-10-24/h6-8,11-14,25H,3-5,9-10H2,1-2H3,(H,23,26)/b22-14+. The average molecular weight is 416 g/mol. The van der Waals surface area contributed by atoms with Gasteiger partial charge < -0.3 is 5.11 Å². The number of phenols is 1. The lowest BCUT2D eigenvalue weighted by atomic mass is 10.1. The SMILES string of the molecule is Cc1cc(/C=N/NC(=O)c2cccc(S(=O)(=O)N3CCCCC3)c2)cc(C)c1O. The van der Waals surface area contributed by atoms with Crippen LogP contribution >= 0.6 is 0 Å². The number of hydrazone groups is 1. The van der Waals surface area contributed by atoms with Crippen LogP contribution in [0, 0.1) is 13.8 Å². The highest BCUT2D eigenvalue weighted by Gasteiger charge is 2.26. The van der Waals surface area contributed by atoms with Crippen LogP contribution in [-0.4, -0.2) is 43.0 Å². The van der Waals surface area contributed by atoms with Crippen molar-refractivity contribution >= 4 is 22.1 Å². The molecule has 8 heteroatoms. The average Bonchev–Trinajstić information content (AvgIpc) is 2.72. The Morgan fingerprint density at radius 2 is 1.76 bits per heavy atom. The summed E-state index contributed by atoms with van der Waals surface area (Å²) in [6.07, 6.45) is 4.22. The van der Waals surface area contributed by atoms with Crippen LogP contribution in [0.25, 0.3) is 0 Å². The number of nitrogens with one attached hydrogen (secondary N) is 1. The van der Waals surface area contributed by atoms with Gasteiger partial charge in [0.15, 0.2) is 0 Å². The Morgan fingerprint density at radius 3 is 2.41 bits per heavy atom. The minimum absolute atomic E-state index is 0.112. The van der Waals surface area contributed by atoms with E-state index >= 15 is 0 Å². The van der Waals surface area contributed by atoms with E-state index < -0.39 is 15.9 Å². The summed E-state index contributed by atoms with van der Waals surface area (Å²) in [5.41, 5.74) is 4.81. The monoisotopic (exact) mass is 415 g/mol. The van der Waals surface area contributed by atoms with Crippen molar-refractivity contribution in [2.45, 2.75) is 38.0 Å². The van der Waals surface area contributed by atoms with Crippen molar-refractivity contribution < 1.29 is 18.3 Å². The highest BCUT2D eigenvalue weighted by atomic mass is 32.2.